The van der Waals surface area contributed by atoms with Crippen LogP contribution in [0.2, 0.25) is 0 Å². The molecule has 1 N–H and O–H groups in total. The maximum Gasteiger partial charge on any atom is 0.519 e. The molecule has 2 rings (SSSR count). The van der Waals surface area contributed by atoms with E-state index in [0.29, 0.717) is 17.4 Å². The van der Waals surface area contributed by atoms with Crippen LogP contribution in [0, 0.1) is 0 Å². The highest BCUT2D eigenvalue weighted by atomic mass is 16.7. The van der Waals surface area contributed by atoms with E-state index >= 15 is 0 Å². The first-order valence-electron chi connectivity index (χ1n) is 6.87. The monoisotopic (exact) mass is 286 g/mol. The number of hydrogen-bond donors (Lipinski definition) is 1. The summed E-state index contributed by atoms with van der Waals surface area (Å²) in [5.41, 5.74) is 1.21. The molecule has 4 nitrogen and oxygen atoms in total. The van der Waals surface area contributed by atoms with E-state index in [2.05, 4.69) is 13.8 Å². The summed E-state index contributed by atoms with van der Waals surface area (Å²) in [7, 11) is 0. The molecule has 2 aromatic carbocycles. The highest BCUT2D eigenvalue weighted by Crippen LogP contribution is 2.22. The fourth-order valence-corrected chi connectivity index (χ4v) is 1.83. The molecule has 1 atom stereocenters. The molecule has 0 saturated carbocycles. The minimum absolute atomic E-state index is 0.108. The van der Waals surface area contributed by atoms with Crippen molar-refractivity contribution in [2.75, 3.05) is 0 Å². The van der Waals surface area contributed by atoms with Crippen LogP contribution in [0.25, 0.3) is 0 Å². The molecular weight excluding hydrogens is 268 g/mol. The van der Waals surface area contributed by atoms with Gasteiger partial charge in [0.25, 0.3) is 0 Å². The summed E-state index contributed by atoms with van der Waals surface area (Å²) < 4.78 is 10.1. The summed E-state index contributed by atoms with van der Waals surface area (Å²) in [5, 5.41) is 9.15. The van der Waals surface area contributed by atoms with Crippen LogP contribution < -0.4 is 9.47 Å². The second-order valence-corrected chi connectivity index (χ2v) is 4.83. The molecule has 0 aromatic heterocycles. The van der Waals surface area contributed by atoms with Crippen LogP contribution in [0.4, 0.5) is 4.79 Å². The Bertz CT molecular complexity index is 587. The standard InChI is InChI=1S/C17H18O4/c1-3-12(2)13-4-8-15(9-5-13)20-17(19)21-16-10-6-14(18)7-11-16/h4-12,18H,3H2,1-2H3. The number of rotatable bonds is 4. The minimum atomic E-state index is -0.808. The first-order valence-corrected chi connectivity index (χ1v) is 6.87. The van der Waals surface area contributed by atoms with Crippen molar-refractivity contribution in [1.29, 1.82) is 0 Å². The topological polar surface area (TPSA) is 55.8 Å². The Kier molecular flexibility index (Phi) is 4.82. The molecule has 0 aliphatic rings. The van der Waals surface area contributed by atoms with Gasteiger partial charge in [-0.1, -0.05) is 26.0 Å². The molecule has 0 bridgehead atoms. The molecular formula is C17H18O4. The van der Waals surface area contributed by atoms with E-state index in [9.17, 15) is 4.79 Å². The maximum absolute atomic E-state index is 11.6. The van der Waals surface area contributed by atoms with Gasteiger partial charge in [-0.3, -0.25) is 0 Å². The van der Waals surface area contributed by atoms with Crippen LogP contribution in [0.3, 0.4) is 0 Å². The third kappa shape index (κ3) is 4.24. The lowest BCUT2D eigenvalue weighted by molar-refractivity contribution is 0.152. The molecule has 0 heterocycles. The first kappa shape index (κ1) is 14.9. The Morgan fingerprint density at radius 2 is 1.48 bits per heavy atom. The summed E-state index contributed by atoms with van der Waals surface area (Å²) in [6.07, 6.45) is 0.250. The van der Waals surface area contributed by atoms with E-state index < -0.39 is 6.16 Å². The number of hydrogen-bond acceptors (Lipinski definition) is 4. The smallest absolute Gasteiger partial charge is 0.508 e. The second-order valence-electron chi connectivity index (χ2n) is 4.83. The molecule has 0 spiro atoms. The lowest BCUT2D eigenvalue weighted by atomic mass is 9.99. The van der Waals surface area contributed by atoms with Crippen LogP contribution in [0.15, 0.2) is 48.5 Å². The summed E-state index contributed by atoms with van der Waals surface area (Å²) >= 11 is 0. The molecule has 0 amide bonds. The Balaban J connectivity index is 1.94. The molecule has 110 valence electrons. The van der Waals surface area contributed by atoms with E-state index in [1.54, 1.807) is 12.1 Å². The van der Waals surface area contributed by atoms with E-state index in [0.717, 1.165) is 6.42 Å². The average Bonchev–Trinajstić information content (AvgIpc) is 2.49. The van der Waals surface area contributed by atoms with Crippen molar-refractivity contribution >= 4 is 6.16 Å². The van der Waals surface area contributed by atoms with Crippen molar-refractivity contribution in [2.24, 2.45) is 0 Å². The van der Waals surface area contributed by atoms with E-state index in [4.69, 9.17) is 14.6 Å². The van der Waals surface area contributed by atoms with Gasteiger partial charge >= 0.3 is 6.16 Å². The molecule has 0 aliphatic carbocycles. The molecule has 0 aliphatic heterocycles. The van der Waals surface area contributed by atoms with Gasteiger partial charge in [-0.2, -0.15) is 0 Å². The quantitative estimate of drug-likeness (QED) is 0.665. The van der Waals surface area contributed by atoms with Crippen molar-refractivity contribution in [1.82, 2.24) is 0 Å². The van der Waals surface area contributed by atoms with E-state index in [1.807, 2.05) is 12.1 Å². The number of phenols is 1. The van der Waals surface area contributed by atoms with Gasteiger partial charge in [-0.05, 0) is 54.3 Å². The average molecular weight is 286 g/mol. The van der Waals surface area contributed by atoms with Gasteiger partial charge in [-0.25, -0.2) is 4.79 Å². The second kappa shape index (κ2) is 6.79. The SMILES string of the molecule is CCC(C)c1ccc(OC(=O)Oc2ccc(O)cc2)cc1. The highest BCUT2D eigenvalue weighted by molar-refractivity contribution is 5.67. The number of benzene rings is 2. The zero-order valence-electron chi connectivity index (χ0n) is 12.1. The summed E-state index contributed by atoms with van der Waals surface area (Å²) in [6, 6.07) is 13.2. The lowest BCUT2D eigenvalue weighted by Gasteiger charge is -2.10. The van der Waals surface area contributed by atoms with Gasteiger partial charge in [0, 0.05) is 0 Å². The Morgan fingerprint density at radius 1 is 1.00 bits per heavy atom. The number of ether oxygens (including phenoxy) is 2. The zero-order valence-corrected chi connectivity index (χ0v) is 12.1. The molecule has 2 aromatic rings. The molecule has 0 radical (unpaired) electrons. The number of carbonyl (C=O) groups is 1. The van der Waals surface area contributed by atoms with E-state index in [1.165, 1.54) is 29.8 Å². The summed E-state index contributed by atoms with van der Waals surface area (Å²) in [5.74, 6) is 1.33. The van der Waals surface area contributed by atoms with Crippen LogP contribution in [0.1, 0.15) is 31.7 Å². The third-order valence-electron chi connectivity index (χ3n) is 3.30. The molecule has 21 heavy (non-hydrogen) atoms. The van der Waals surface area contributed by atoms with Gasteiger partial charge in [0.05, 0.1) is 0 Å². The fraction of sp³-hybridized carbons (Fsp3) is 0.235. The zero-order chi connectivity index (χ0) is 15.2. The number of aromatic hydroxyl groups is 1. The van der Waals surface area contributed by atoms with Gasteiger partial charge in [0.15, 0.2) is 0 Å². The predicted octanol–water partition coefficient (Wildman–Crippen LogP) is 4.48. The minimum Gasteiger partial charge on any atom is -0.508 e. The molecule has 4 heteroatoms. The maximum atomic E-state index is 11.6. The van der Waals surface area contributed by atoms with Crippen LogP contribution in [-0.4, -0.2) is 11.3 Å². The van der Waals surface area contributed by atoms with Crippen molar-refractivity contribution in [2.45, 2.75) is 26.2 Å². The van der Waals surface area contributed by atoms with Crippen molar-refractivity contribution < 1.29 is 19.4 Å². The van der Waals surface area contributed by atoms with Gasteiger partial charge in [0.2, 0.25) is 0 Å². The van der Waals surface area contributed by atoms with Crippen LogP contribution in [-0.2, 0) is 0 Å². The summed E-state index contributed by atoms with van der Waals surface area (Å²) in [6.45, 7) is 4.28. The molecule has 1 unspecified atom stereocenters. The van der Waals surface area contributed by atoms with Gasteiger partial charge < -0.3 is 14.6 Å². The Labute approximate surface area is 123 Å². The fourth-order valence-electron chi connectivity index (χ4n) is 1.83. The van der Waals surface area contributed by atoms with E-state index in [-0.39, 0.29) is 5.75 Å². The lowest BCUT2D eigenvalue weighted by Crippen LogP contribution is -2.13. The number of carbonyl (C=O) groups excluding carboxylic acids is 1. The first-order chi connectivity index (χ1) is 10.1. The Morgan fingerprint density at radius 3 is 1.95 bits per heavy atom. The largest absolute Gasteiger partial charge is 0.519 e. The summed E-state index contributed by atoms with van der Waals surface area (Å²) in [4.78, 5) is 11.6. The Hall–Kier alpha value is -2.49. The van der Waals surface area contributed by atoms with Crippen LogP contribution in [0.5, 0.6) is 17.2 Å². The molecule has 0 fully saturated rings. The predicted molar refractivity (Wildman–Crippen MR) is 79.9 cm³/mol. The van der Waals surface area contributed by atoms with Crippen molar-refractivity contribution in [3.8, 4) is 17.2 Å². The highest BCUT2D eigenvalue weighted by Gasteiger charge is 2.09. The molecule has 0 saturated heterocycles. The van der Waals surface area contributed by atoms with Crippen molar-refractivity contribution in [3.63, 3.8) is 0 Å². The van der Waals surface area contributed by atoms with Gasteiger partial charge in [-0.15, -0.1) is 0 Å². The normalized spacial score (nSPS) is 11.7. The van der Waals surface area contributed by atoms with Crippen LogP contribution >= 0.6 is 0 Å². The number of phenolic OH excluding ortho intramolecular Hbond substituents is 1. The van der Waals surface area contributed by atoms with Gasteiger partial charge in [0.1, 0.15) is 17.2 Å². The van der Waals surface area contributed by atoms with Crippen molar-refractivity contribution in [3.05, 3.63) is 54.1 Å². The third-order valence-corrected chi connectivity index (χ3v) is 3.30.